The van der Waals surface area contributed by atoms with Crippen molar-refractivity contribution in [2.75, 3.05) is 13.1 Å². The van der Waals surface area contributed by atoms with E-state index < -0.39 is 0 Å². The number of rotatable bonds is 8. The van der Waals surface area contributed by atoms with Crippen LogP contribution in [0.1, 0.15) is 51.6 Å². The molecule has 0 aliphatic carbocycles. The first-order valence-corrected chi connectivity index (χ1v) is 8.21. The van der Waals surface area contributed by atoms with Crippen LogP contribution in [-0.2, 0) is 0 Å². The molecule has 1 aromatic rings. The van der Waals surface area contributed by atoms with Crippen LogP contribution in [-0.4, -0.2) is 24.0 Å². The molecule has 0 saturated carbocycles. The van der Waals surface area contributed by atoms with E-state index in [9.17, 15) is 0 Å². The molecule has 0 heterocycles. The SMILES string of the molecule is CCCCN(C(C)CC)C(CN)c1cc(Cl)ccc1Cl. The van der Waals surface area contributed by atoms with Gasteiger partial charge in [-0.15, -0.1) is 0 Å². The smallest absolute Gasteiger partial charge is 0.0488 e. The van der Waals surface area contributed by atoms with Crippen molar-refractivity contribution in [1.29, 1.82) is 0 Å². The first-order chi connectivity index (χ1) is 9.54. The third-order valence-corrected chi connectivity index (χ3v) is 4.45. The van der Waals surface area contributed by atoms with Crippen LogP contribution in [0.5, 0.6) is 0 Å². The molecule has 0 fully saturated rings. The molecular weight excluding hydrogens is 291 g/mol. The first-order valence-electron chi connectivity index (χ1n) is 7.45. The van der Waals surface area contributed by atoms with Crippen molar-refractivity contribution in [2.45, 2.75) is 52.1 Å². The Bertz CT molecular complexity index is 409. The lowest BCUT2D eigenvalue weighted by Gasteiger charge is -2.36. The summed E-state index contributed by atoms with van der Waals surface area (Å²) in [6, 6.07) is 6.23. The number of hydrogen-bond acceptors (Lipinski definition) is 2. The van der Waals surface area contributed by atoms with Crippen LogP contribution in [0.15, 0.2) is 18.2 Å². The second kappa shape index (κ2) is 8.89. The number of nitrogens with two attached hydrogens (primary N) is 1. The normalized spacial score (nSPS) is 14.6. The number of halogens is 2. The van der Waals surface area contributed by atoms with Crippen LogP contribution in [0, 0.1) is 0 Å². The van der Waals surface area contributed by atoms with Gasteiger partial charge >= 0.3 is 0 Å². The molecule has 0 aliphatic heterocycles. The third-order valence-electron chi connectivity index (χ3n) is 3.87. The van der Waals surface area contributed by atoms with Crippen LogP contribution < -0.4 is 5.73 Å². The van der Waals surface area contributed by atoms with E-state index in [1.165, 1.54) is 12.8 Å². The van der Waals surface area contributed by atoms with Crippen molar-refractivity contribution in [2.24, 2.45) is 5.73 Å². The summed E-state index contributed by atoms with van der Waals surface area (Å²) in [5.74, 6) is 0. The summed E-state index contributed by atoms with van der Waals surface area (Å²) in [5.41, 5.74) is 7.09. The molecule has 2 unspecified atom stereocenters. The van der Waals surface area contributed by atoms with Gasteiger partial charge < -0.3 is 5.73 Å². The van der Waals surface area contributed by atoms with Gasteiger partial charge in [0.2, 0.25) is 0 Å². The van der Waals surface area contributed by atoms with E-state index in [1.807, 2.05) is 18.2 Å². The maximum absolute atomic E-state index is 6.35. The van der Waals surface area contributed by atoms with Crippen molar-refractivity contribution in [3.05, 3.63) is 33.8 Å². The Hall–Kier alpha value is -0.280. The monoisotopic (exact) mass is 316 g/mol. The predicted molar refractivity (Wildman–Crippen MR) is 89.6 cm³/mol. The van der Waals surface area contributed by atoms with Gasteiger partial charge in [0.05, 0.1) is 0 Å². The van der Waals surface area contributed by atoms with E-state index in [2.05, 4.69) is 25.7 Å². The van der Waals surface area contributed by atoms with Crippen molar-refractivity contribution >= 4 is 23.2 Å². The Morgan fingerprint density at radius 3 is 2.50 bits per heavy atom. The van der Waals surface area contributed by atoms with E-state index >= 15 is 0 Å². The summed E-state index contributed by atoms with van der Waals surface area (Å²) >= 11 is 12.5. The molecule has 1 aromatic carbocycles. The molecule has 4 heteroatoms. The summed E-state index contributed by atoms with van der Waals surface area (Å²) in [6.45, 7) is 8.25. The van der Waals surface area contributed by atoms with Crippen LogP contribution in [0.2, 0.25) is 10.0 Å². The zero-order valence-corrected chi connectivity index (χ0v) is 14.2. The number of benzene rings is 1. The summed E-state index contributed by atoms with van der Waals surface area (Å²) in [6.07, 6.45) is 3.44. The topological polar surface area (TPSA) is 29.3 Å². The minimum absolute atomic E-state index is 0.127. The molecule has 0 spiro atoms. The van der Waals surface area contributed by atoms with Crippen LogP contribution >= 0.6 is 23.2 Å². The lowest BCUT2D eigenvalue weighted by Crippen LogP contribution is -2.40. The van der Waals surface area contributed by atoms with Crippen LogP contribution in [0.3, 0.4) is 0 Å². The predicted octanol–water partition coefficient (Wildman–Crippen LogP) is 4.89. The Morgan fingerprint density at radius 1 is 1.25 bits per heavy atom. The van der Waals surface area contributed by atoms with Gasteiger partial charge in [-0.2, -0.15) is 0 Å². The van der Waals surface area contributed by atoms with Crippen LogP contribution in [0.4, 0.5) is 0 Å². The van der Waals surface area contributed by atoms with Gasteiger partial charge in [-0.25, -0.2) is 0 Å². The second-order valence-corrected chi connectivity index (χ2v) is 6.11. The van der Waals surface area contributed by atoms with E-state index in [-0.39, 0.29) is 6.04 Å². The molecule has 0 aliphatic rings. The molecule has 114 valence electrons. The minimum atomic E-state index is 0.127. The Labute approximate surface area is 133 Å². The van der Waals surface area contributed by atoms with E-state index in [1.54, 1.807) is 0 Å². The summed E-state index contributed by atoms with van der Waals surface area (Å²) < 4.78 is 0. The Kier molecular flexibility index (Phi) is 7.90. The maximum Gasteiger partial charge on any atom is 0.0488 e. The van der Waals surface area contributed by atoms with Crippen molar-refractivity contribution < 1.29 is 0 Å². The number of nitrogens with zero attached hydrogens (tertiary/aromatic N) is 1. The lowest BCUT2D eigenvalue weighted by atomic mass is 10.0. The quantitative estimate of drug-likeness (QED) is 0.739. The largest absolute Gasteiger partial charge is 0.329 e. The molecule has 2 N–H and O–H groups in total. The average molecular weight is 317 g/mol. The first kappa shape index (κ1) is 17.8. The fourth-order valence-electron chi connectivity index (χ4n) is 2.47. The zero-order valence-electron chi connectivity index (χ0n) is 12.7. The molecule has 0 radical (unpaired) electrons. The number of unbranched alkanes of at least 4 members (excludes halogenated alkanes) is 1. The third kappa shape index (κ3) is 4.63. The van der Waals surface area contributed by atoms with Gasteiger partial charge in [0.15, 0.2) is 0 Å². The van der Waals surface area contributed by atoms with Gasteiger partial charge in [0, 0.05) is 28.7 Å². The molecule has 0 bridgehead atoms. The molecule has 20 heavy (non-hydrogen) atoms. The summed E-state index contributed by atoms with van der Waals surface area (Å²) in [4.78, 5) is 2.46. The van der Waals surface area contributed by atoms with Crippen LogP contribution in [0.25, 0.3) is 0 Å². The van der Waals surface area contributed by atoms with Gasteiger partial charge in [0.25, 0.3) is 0 Å². The minimum Gasteiger partial charge on any atom is -0.329 e. The average Bonchev–Trinajstić information content (AvgIpc) is 2.45. The van der Waals surface area contributed by atoms with E-state index in [4.69, 9.17) is 28.9 Å². The standard InChI is InChI=1S/C16H26Cl2N2/c1-4-6-9-20(12(3)5-2)16(11-19)14-10-13(17)7-8-15(14)18/h7-8,10,12,16H,4-6,9,11,19H2,1-3H3. The van der Waals surface area contributed by atoms with E-state index in [0.29, 0.717) is 17.6 Å². The summed E-state index contributed by atoms with van der Waals surface area (Å²) in [5, 5.41) is 1.46. The molecule has 0 saturated heterocycles. The molecule has 2 atom stereocenters. The van der Waals surface area contributed by atoms with Gasteiger partial charge in [-0.1, -0.05) is 43.5 Å². The maximum atomic E-state index is 6.35. The fraction of sp³-hybridized carbons (Fsp3) is 0.625. The molecule has 2 nitrogen and oxygen atoms in total. The molecule has 0 aromatic heterocycles. The van der Waals surface area contributed by atoms with Crippen molar-refractivity contribution in [3.63, 3.8) is 0 Å². The fourth-order valence-corrected chi connectivity index (χ4v) is 2.89. The van der Waals surface area contributed by atoms with Crippen molar-refractivity contribution in [3.8, 4) is 0 Å². The highest BCUT2D eigenvalue weighted by Gasteiger charge is 2.24. The second-order valence-electron chi connectivity index (χ2n) is 5.27. The Balaban J connectivity index is 3.07. The van der Waals surface area contributed by atoms with Gasteiger partial charge in [-0.3, -0.25) is 4.90 Å². The highest BCUT2D eigenvalue weighted by atomic mass is 35.5. The summed E-state index contributed by atoms with van der Waals surface area (Å²) in [7, 11) is 0. The zero-order chi connectivity index (χ0) is 15.1. The molecule has 1 rings (SSSR count). The molecule has 0 amide bonds. The van der Waals surface area contributed by atoms with E-state index in [0.717, 1.165) is 23.6 Å². The number of hydrogen-bond donors (Lipinski definition) is 1. The van der Waals surface area contributed by atoms with Gasteiger partial charge in [0.1, 0.15) is 0 Å². The highest BCUT2D eigenvalue weighted by molar-refractivity contribution is 6.33. The van der Waals surface area contributed by atoms with Gasteiger partial charge in [-0.05, 0) is 50.1 Å². The lowest BCUT2D eigenvalue weighted by molar-refractivity contribution is 0.141. The molecular formula is C16H26Cl2N2. The highest BCUT2D eigenvalue weighted by Crippen LogP contribution is 2.31. The Morgan fingerprint density at radius 2 is 1.95 bits per heavy atom. The van der Waals surface area contributed by atoms with Crippen molar-refractivity contribution in [1.82, 2.24) is 4.90 Å².